The topological polar surface area (TPSA) is 40.7 Å². The second-order valence-electron chi connectivity index (χ2n) is 4.03. The van der Waals surface area contributed by atoms with Gasteiger partial charge in [0.1, 0.15) is 0 Å². The molecule has 0 atom stereocenters. The maximum atomic E-state index is 5.94. The Balaban J connectivity index is 1.80. The second kappa shape index (κ2) is 4.20. The minimum atomic E-state index is 0.717. The van der Waals surface area contributed by atoms with E-state index in [2.05, 4.69) is 15.5 Å². The number of halogens is 1. The highest BCUT2D eigenvalue weighted by Crippen LogP contribution is 2.31. The molecule has 16 heavy (non-hydrogen) atoms. The fourth-order valence-electron chi connectivity index (χ4n) is 1.65. The SMILES string of the molecule is Clc1ccc(-c2[nH]ncc2CNC2CC2)s1. The van der Waals surface area contributed by atoms with Gasteiger partial charge in [0.15, 0.2) is 0 Å². The van der Waals surface area contributed by atoms with E-state index in [0.29, 0.717) is 0 Å². The predicted octanol–water partition coefficient (Wildman–Crippen LogP) is 3.04. The van der Waals surface area contributed by atoms with Gasteiger partial charge in [-0.05, 0) is 25.0 Å². The van der Waals surface area contributed by atoms with Crippen molar-refractivity contribution in [2.45, 2.75) is 25.4 Å². The summed E-state index contributed by atoms with van der Waals surface area (Å²) in [6, 6.07) is 4.66. The lowest BCUT2D eigenvalue weighted by molar-refractivity contribution is 0.689. The molecule has 2 aromatic heterocycles. The zero-order chi connectivity index (χ0) is 11.0. The van der Waals surface area contributed by atoms with Crippen LogP contribution in [-0.2, 0) is 6.54 Å². The molecule has 0 aliphatic heterocycles. The Morgan fingerprint density at radius 2 is 2.38 bits per heavy atom. The van der Waals surface area contributed by atoms with E-state index in [4.69, 9.17) is 11.6 Å². The largest absolute Gasteiger partial charge is 0.310 e. The van der Waals surface area contributed by atoms with Gasteiger partial charge >= 0.3 is 0 Å². The third kappa shape index (κ3) is 2.14. The highest BCUT2D eigenvalue weighted by Gasteiger charge is 2.21. The number of hydrogen-bond donors (Lipinski definition) is 2. The summed E-state index contributed by atoms with van der Waals surface area (Å²) >= 11 is 7.51. The molecule has 0 saturated heterocycles. The third-order valence-corrected chi connectivity index (χ3v) is 3.94. The summed E-state index contributed by atoms with van der Waals surface area (Å²) in [6.45, 7) is 0.881. The monoisotopic (exact) mass is 253 g/mol. The predicted molar refractivity (Wildman–Crippen MR) is 66.8 cm³/mol. The third-order valence-electron chi connectivity index (χ3n) is 2.70. The van der Waals surface area contributed by atoms with Crippen LogP contribution in [0.4, 0.5) is 0 Å². The van der Waals surface area contributed by atoms with Gasteiger partial charge in [-0.3, -0.25) is 5.10 Å². The van der Waals surface area contributed by atoms with Crippen molar-refractivity contribution in [3.05, 3.63) is 28.2 Å². The molecule has 0 amide bonds. The molecule has 2 aromatic rings. The van der Waals surface area contributed by atoms with Crippen molar-refractivity contribution in [2.24, 2.45) is 0 Å². The molecule has 1 aliphatic carbocycles. The van der Waals surface area contributed by atoms with Crippen LogP contribution in [0.15, 0.2) is 18.3 Å². The smallest absolute Gasteiger partial charge is 0.0935 e. The Morgan fingerprint density at radius 1 is 1.50 bits per heavy atom. The Labute approximate surface area is 103 Å². The molecule has 1 fully saturated rings. The second-order valence-corrected chi connectivity index (χ2v) is 5.74. The van der Waals surface area contributed by atoms with Crippen molar-refractivity contribution in [3.63, 3.8) is 0 Å². The van der Waals surface area contributed by atoms with Crippen molar-refractivity contribution >= 4 is 22.9 Å². The molecule has 2 heterocycles. The lowest BCUT2D eigenvalue weighted by Crippen LogP contribution is -2.15. The molecule has 1 saturated carbocycles. The summed E-state index contributed by atoms with van der Waals surface area (Å²) in [7, 11) is 0. The normalized spacial score (nSPS) is 15.6. The van der Waals surface area contributed by atoms with Crippen molar-refractivity contribution < 1.29 is 0 Å². The lowest BCUT2D eigenvalue weighted by Gasteiger charge is -2.02. The van der Waals surface area contributed by atoms with E-state index in [9.17, 15) is 0 Å². The van der Waals surface area contributed by atoms with Crippen LogP contribution in [0.1, 0.15) is 18.4 Å². The Kier molecular flexibility index (Phi) is 2.71. The first-order valence-electron chi connectivity index (χ1n) is 5.34. The zero-order valence-corrected chi connectivity index (χ0v) is 10.2. The molecule has 5 heteroatoms. The molecular formula is C11H12ClN3S. The average molecular weight is 254 g/mol. The fraction of sp³-hybridized carbons (Fsp3) is 0.364. The summed E-state index contributed by atoms with van der Waals surface area (Å²) in [5.74, 6) is 0. The first kappa shape index (κ1) is 10.3. The number of thiophene rings is 1. The van der Waals surface area contributed by atoms with E-state index in [1.54, 1.807) is 11.3 Å². The molecule has 0 aromatic carbocycles. The van der Waals surface area contributed by atoms with Gasteiger partial charge in [0, 0.05) is 18.2 Å². The maximum absolute atomic E-state index is 5.94. The Hall–Kier alpha value is -0.840. The van der Waals surface area contributed by atoms with E-state index < -0.39 is 0 Å². The van der Waals surface area contributed by atoms with Crippen molar-refractivity contribution in [1.29, 1.82) is 0 Å². The number of nitrogens with zero attached hydrogens (tertiary/aromatic N) is 1. The molecule has 3 nitrogen and oxygen atoms in total. The molecular weight excluding hydrogens is 242 g/mol. The first-order valence-corrected chi connectivity index (χ1v) is 6.54. The molecule has 84 valence electrons. The van der Waals surface area contributed by atoms with Crippen LogP contribution in [-0.4, -0.2) is 16.2 Å². The summed E-state index contributed by atoms with van der Waals surface area (Å²) in [5, 5.41) is 10.6. The summed E-state index contributed by atoms with van der Waals surface area (Å²) in [5.41, 5.74) is 2.30. The van der Waals surface area contributed by atoms with E-state index in [-0.39, 0.29) is 0 Å². The highest BCUT2D eigenvalue weighted by molar-refractivity contribution is 7.19. The van der Waals surface area contributed by atoms with E-state index in [1.165, 1.54) is 18.4 Å². The van der Waals surface area contributed by atoms with E-state index >= 15 is 0 Å². The van der Waals surface area contributed by atoms with Crippen LogP contribution < -0.4 is 5.32 Å². The lowest BCUT2D eigenvalue weighted by atomic mass is 10.2. The Bertz CT molecular complexity index is 487. The van der Waals surface area contributed by atoms with Crippen molar-refractivity contribution in [3.8, 4) is 10.6 Å². The van der Waals surface area contributed by atoms with Gasteiger partial charge in [0.2, 0.25) is 0 Å². The fourth-order valence-corrected chi connectivity index (χ4v) is 2.72. The molecule has 0 radical (unpaired) electrons. The minimum Gasteiger partial charge on any atom is -0.310 e. The molecule has 0 unspecified atom stereocenters. The van der Waals surface area contributed by atoms with Gasteiger partial charge in [-0.15, -0.1) is 11.3 Å². The number of rotatable bonds is 4. The highest BCUT2D eigenvalue weighted by atomic mass is 35.5. The molecule has 0 bridgehead atoms. The van der Waals surface area contributed by atoms with Crippen LogP contribution in [0.25, 0.3) is 10.6 Å². The quantitative estimate of drug-likeness (QED) is 0.879. The zero-order valence-electron chi connectivity index (χ0n) is 8.66. The number of nitrogens with one attached hydrogen (secondary N) is 2. The van der Waals surface area contributed by atoms with Crippen LogP contribution in [0.2, 0.25) is 4.34 Å². The molecule has 3 rings (SSSR count). The molecule has 1 aliphatic rings. The van der Waals surface area contributed by atoms with Gasteiger partial charge in [-0.2, -0.15) is 5.10 Å². The van der Waals surface area contributed by atoms with Gasteiger partial charge in [0.25, 0.3) is 0 Å². The number of aromatic amines is 1. The number of aromatic nitrogens is 2. The van der Waals surface area contributed by atoms with E-state index in [0.717, 1.165) is 27.5 Å². The van der Waals surface area contributed by atoms with Crippen LogP contribution in [0.3, 0.4) is 0 Å². The summed E-state index contributed by atoms with van der Waals surface area (Å²) in [6.07, 6.45) is 4.49. The van der Waals surface area contributed by atoms with Crippen LogP contribution >= 0.6 is 22.9 Å². The number of H-pyrrole nitrogens is 1. The van der Waals surface area contributed by atoms with E-state index in [1.807, 2.05) is 18.3 Å². The Morgan fingerprint density at radius 3 is 3.06 bits per heavy atom. The van der Waals surface area contributed by atoms with Crippen LogP contribution in [0.5, 0.6) is 0 Å². The standard InChI is InChI=1S/C11H12ClN3S/c12-10-4-3-9(16-10)11-7(6-14-15-11)5-13-8-1-2-8/h3-4,6,8,13H,1-2,5H2,(H,14,15). The molecule has 2 N–H and O–H groups in total. The van der Waals surface area contributed by atoms with Gasteiger partial charge in [0.05, 0.1) is 21.1 Å². The van der Waals surface area contributed by atoms with Gasteiger partial charge in [-0.1, -0.05) is 11.6 Å². The summed E-state index contributed by atoms with van der Waals surface area (Å²) in [4.78, 5) is 1.15. The summed E-state index contributed by atoms with van der Waals surface area (Å²) < 4.78 is 0.811. The molecule has 0 spiro atoms. The van der Waals surface area contributed by atoms with Gasteiger partial charge in [-0.25, -0.2) is 0 Å². The van der Waals surface area contributed by atoms with Crippen molar-refractivity contribution in [1.82, 2.24) is 15.5 Å². The van der Waals surface area contributed by atoms with Crippen molar-refractivity contribution in [2.75, 3.05) is 0 Å². The van der Waals surface area contributed by atoms with Gasteiger partial charge < -0.3 is 5.32 Å². The maximum Gasteiger partial charge on any atom is 0.0935 e. The van der Waals surface area contributed by atoms with Crippen LogP contribution in [0, 0.1) is 0 Å². The first-order chi connectivity index (χ1) is 7.83. The minimum absolute atomic E-state index is 0.717. The number of hydrogen-bond acceptors (Lipinski definition) is 3. The average Bonchev–Trinajstić information content (AvgIpc) is 2.82.